The molecule has 2 unspecified atom stereocenters. The van der Waals surface area contributed by atoms with E-state index in [9.17, 15) is 54.3 Å². The Morgan fingerprint density at radius 2 is 1.29 bits per heavy atom. The van der Waals surface area contributed by atoms with Crippen molar-refractivity contribution in [2.45, 2.75) is 57.5 Å². The lowest BCUT2D eigenvalue weighted by Gasteiger charge is -2.41. The topological polar surface area (TPSA) is 280 Å². The minimum Gasteiger partial charge on any atom is -0.488 e. The molecule has 22 nitrogen and oxygen atoms in total. The van der Waals surface area contributed by atoms with Crippen LogP contribution in [0.4, 0.5) is 5.69 Å². The molecule has 410 valence electrons. The third-order valence-electron chi connectivity index (χ3n) is 13.4. The van der Waals surface area contributed by atoms with Crippen LogP contribution in [0.15, 0.2) is 60.7 Å². The Morgan fingerprint density at radius 3 is 1.87 bits per heavy atom. The molecule has 7 rings (SSSR count). The van der Waals surface area contributed by atoms with Crippen LogP contribution < -0.4 is 15.4 Å². The number of halogens is 2. The Morgan fingerprint density at radius 1 is 0.711 bits per heavy atom. The number of carboxylic acid groups (broad SMARTS) is 3. The predicted octanol–water partition coefficient (Wildman–Crippen LogP) is 3.08. The first-order chi connectivity index (χ1) is 36.2. The highest BCUT2D eigenvalue weighted by molar-refractivity contribution is 6.34. The Bertz CT molecular complexity index is 2710. The zero-order valence-corrected chi connectivity index (χ0v) is 44.0. The van der Waals surface area contributed by atoms with Gasteiger partial charge < -0.3 is 50.5 Å². The van der Waals surface area contributed by atoms with E-state index in [1.165, 1.54) is 0 Å². The highest BCUT2D eigenvalue weighted by Gasteiger charge is 2.39. The van der Waals surface area contributed by atoms with Gasteiger partial charge in [0.15, 0.2) is 5.69 Å². The van der Waals surface area contributed by atoms with Crippen molar-refractivity contribution in [3.63, 3.8) is 0 Å². The fourth-order valence-electron chi connectivity index (χ4n) is 9.56. The van der Waals surface area contributed by atoms with Gasteiger partial charge in [0.2, 0.25) is 11.8 Å². The number of aromatic nitrogens is 2. The zero-order chi connectivity index (χ0) is 54.7. The van der Waals surface area contributed by atoms with Crippen LogP contribution in [-0.4, -0.2) is 218 Å². The summed E-state index contributed by atoms with van der Waals surface area (Å²) < 4.78 is 13.6. The number of fused-ring (bicyclic) bond motifs is 3. The summed E-state index contributed by atoms with van der Waals surface area (Å²) in [7, 11) is 0. The van der Waals surface area contributed by atoms with Crippen LogP contribution in [0.2, 0.25) is 10.0 Å². The van der Waals surface area contributed by atoms with Crippen LogP contribution in [-0.2, 0) is 35.3 Å². The van der Waals surface area contributed by atoms with Gasteiger partial charge in [0.05, 0.1) is 74.9 Å². The van der Waals surface area contributed by atoms with Gasteiger partial charge in [0.1, 0.15) is 12.4 Å². The second-order valence-electron chi connectivity index (χ2n) is 19.8. The molecule has 0 radical (unpaired) electrons. The molecule has 2 fully saturated rings. The molecule has 3 aliphatic rings. The summed E-state index contributed by atoms with van der Waals surface area (Å²) >= 11 is 13.0. The van der Waals surface area contributed by atoms with E-state index in [1.54, 1.807) is 65.6 Å². The predicted molar refractivity (Wildman–Crippen MR) is 281 cm³/mol. The molecule has 0 bridgehead atoms. The number of aliphatic carboxylic acids is 3. The number of amides is 3. The number of nitrogens with zero attached hydrogens (tertiary/aromatic N) is 7. The molecule has 3 amide bonds. The SMILES string of the molecule is CC1(C)COCCN1C(=O)c1nn(-c2cc(Cl)cc(Cl)c2)c2c1COc1ccc(-c3cccc(NC(=O)CC(O)CC(O)CCNC(=O)CN4CCN(CC(=O)O)CCN(CC(=O)O)CCN(CC(=O)O)CC4)c3)cc1-2. The summed E-state index contributed by atoms with van der Waals surface area (Å²) in [4.78, 5) is 83.9. The maximum atomic E-state index is 14.3. The average molecular weight is 1100 g/mol. The van der Waals surface area contributed by atoms with E-state index in [0.29, 0.717) is 63.7 Å². The number of carboxylic acids is 3. The van der Waals surface area contributed by atoms with Crippen LogP contribution in [0, 0.1) is 0 Å². The molecule has 0 spiro atoms. The standard InChI is InChI=1S/C52H65Cl2N9O13/c1-52(2)32-75-19-18-62(52)51(74)49-42-31-76-43-7-6-34(21-41(43)50(42)63(57-49)38-23-35(53)22-36(54)24-38)33-4-3-5-37(20-33)56-44(66)26-40(65)25-39(64)8-9-55-45(67)27-58-10-12-59(28-46(68)69)14-16-61(30-48(72)73)17-15-60(13-11-58)29-47(70)71/h3-7,20-24,39-40,64-65H,8-19,25-32H2,1-2H3,(H,55,67)(H,56,66)(H,68,69)(H,70,71)(H,72,73). The van der Waals surface area contributed by atoms with Crippen molar-refractivity contribution in [2.24, 2.45) is 0 Å². The number of morpholine rings is 1. The number of ether oxygens (including phenoxy) is 2. The van der Waals surface area contributed by atoms with Gasteiger partial charge >= 0.3 is 17.9 Å². The number of hydrogen-bond acceptors (Lipinski definition) is 15. The Labute approximate surface area is 449 Å². The minimum atomic E-state index is -1.21. The van der Waals surface area contributed by atoms with Crippen LogP contribution in [0.1, 0.15) is 49.2 Å². The Hall–Kier alpha value is -6.21. The molecule has 2 saturated heterocycles. The highest BCUT2D eigenvalue weighted by Crippen LogP contribution is 2.43. The molecule has 2 atom stereocenters. The fourth-order valence-corrected chi connectivity index (χ4v) is 10.1. The molecule has 3 aromatic carbocycles. The van der Waals surface area contributed by atoms with Crippen LogP contribution in [0.3, 0.4) is 0 Å². The smallest absolute Gasteiger partial charge is 0.317 e. The number of rotatable bonds is 19. The van der Waals surface area contributed by atoms with E-state index < -0.39 is 41.6 Å². The van der Waals surface area contributed by atoms with Gasteiger partial charge in [-0.15, -0.1) is 0 Å². The second-order valence-corrected chi connectivity index (χ2v) is 20.7. The summed E-state index contributed by atoms with van der Waals surface area (Å²) in [5, 5.41) is 61.3. The quantitative estimate of drug-likeness (QED) is 0.0711. The van der Waals surface area contributed by atoms with Gasteiger partial charge in [-0.1, -0.05) is 41.4 Å². The maximum Gasteiger partial charge on any atom is 0.317 e. The second kappa shape index (κ2) is 26.2. The third-order valence-corrected chi connectivity index (χ3v) is 13.8. The van der Waals surface area contributed by atoms with Gasteiger partial charge in [-0.2, -0.15) is 5.10 Å². The largest absolute Gasteiger partial charge is 0.488 e. The molecule has 0 aliphatic carbocycles. The van der Waals surface area contributed by atoms with Crippen molar-refractivity contribution in [3.8, 4) is 33.8 Å². The van der Waals surface area contributed by atoms with E-state index in [1.807, 2.05) is 38.1 Å². The third kappa shape index (κ3) is 15.9. The summed E-state index contributed by atoms with van der Waals surface area (Å²) in [5.41, 5.74) is 4.04. The number of carbonyl (C=O) groups is 6. The van der Waals surface area contributed by atoms with Gasteiger partial charge in [0.25, 0.3) is 5.91 Å². The lowest BCUT2D eigenvalue weighted by molar-refractivity contribution is -0.140. The number of nitrogens with one attached hydrogen (secondary N) is 2. The summed E-state index contributed by atoms with van der Waals surface area (Å²) in [6.45, 7) is 6.20. The van der Waals surface area contributed by atoms with Gasteiger partial charge in [-0.05, 0) is 80.3 Å². The number of hydrogen-bond donors (Lipinski definition) is 7. The van der Waals surface area contributed by atoms with Crippen molar-refractivity contribution in [1.82, 2.24) is 39.6 Å². The number of benzene rings is 3. The molecule has 24 heteroatoms. The molecular weight excluding hydrogens is 1030 g/mol. The average Bonchev–Trinajstić information content (AvgIpc) is 3.78. The summed E-state index contributed by atoms with van der Waals surface area (Å²) in [6, 6.07) is 17.8. The van der Waals surface area contributed by atoms with E-state index >= 15 is 0 Å². The maximum absolute atomic E-state index is 14.3. The van der Waals surface area contributed by atoms with Crippen LogP contribution in [0.25, 0.3) is 28.1 Å². The zero-order valence-electron chi connectivity index (χ0n) is 42.5. The van der Waals surface area contributed by atoms with Gasteiger partial charge in [-0.3, -0.25) is 48.4 Å². The lowest BCUT2D eigenvalue weighted by atomic mass is 9.96. The van der Waals surface area contributed by atoms with E-state index in [0.717, 1.165) is 11.1 Å². The molecular formula is C52H65Cl2N9O13. The van der Waals surface area contributed by atoms with Crippen molar-refractivity contribution in [3.05, 3.63) is 82.0 Å². The van der Waals surface area contributed by atoms with E-state index in [4.69, 9.17) is 37.8 Å². The summed E-state index contributed by atoms with van der Waals surface area (Å²) in [5.74, 6) is -3.76. The van der Waals surface area contributed by atoms with E-state index in [-0.39, 0.29) is 128 Å². The number of anilines is 1. The molecule has 7 N–H and O–H groups in total. The van der Waals surface area contributed by atoms with Crippen molar-refractivity contribution >= 4 is 64.5 Å². The molecule has 4 aromatic rings. The highest BCUT2D eigenvalue weighted by atomic mass is 35.5. The lowest BCUT2D eigenvalue weighted by Crippen LogP contribution is -2.55. The normalized spacial score (nSPS) is 17.7. The van der Waals surface area contributed by atoms with Crippen molar-refractivity contribution in [2.75, 3.05) is 110 Å². The first-order valence-electron chi connectivity index (χ1n) is 25.0. The Balaban J connectivity index is 0.944. The number of aliphatic hydroxyl groups excluding tert-OH is 2. The number of carbonyl (C=O) groups excluding carboxylic acids is 3. The van der Waals surface area contributed by atoms with Crippen LogP contribution in [0.5, 0.6) is 5.75 Å². The first kappa shape index (κ1) is 57.5. The molecule has 76 heavy (non-hydrogen) atoms. The number of aliphatic hydroxyl groups is 2. The van der Waals surface area contributed by atoms with Crippen molar-refractivity contribution in [1.29, 1.82) is 0 Å². The van der Waals surface area contributed by atoms with Crippen LogP contribution >= 0.6 is 23.2 Å². The first-order valence-corrected chi connectivity index (χ1v) is 25.8. The van der Waals surface area contributed by atoms with Gasteiger partial charge in [-0.25, -0.2) is 4.68 Å². The van der Waals surface area contributed by atoms with E-state index in [2.05, 4.69) is 10.6 Å². The van der Waals surface area contributed by atoms with Gasteiger partial charge in [0, 0.05) is 92.3 Å². The summed E-state index contributed by atoms with van der Waals surface area (Å²) in [6.07, 6.45) is -2.67. The molecule has 0 saturated carbocycles. The molecule has 4 heterocycles. The monoisotopic (exact) mass is 1090 g/mol. The molecule has 1 aromatic heterocycles. The minimum absolute atomic E-state index is 0.0503. The molecule has 3 aliphatic heterocycles. The Kier molecular flexibility index (Phi) is 19.8. The fraction of sp³-hybridized carbons (Fsp3) is 0.481. The van der Waals surface area contributed by atoms with Crippen molar-refractivity contribution < 1.29 is 63.8 Å².